The first kappa shape index (κ1) is 21.4. The summed E-state index contributed by atoms with van der Waals surface area (Å²) in [5, 5.41) is 22.8. The minimum absolute atomic E-state index is 0.0843. The molecule has 1 amide bonds. The summed E-state index contributed by atoms with van der Waals surface area (Å²) < 4.78 is 10.0. The lowest BCUT2D eigenvalue weighted by molar-refractivity contribution is -0.384. The first-order valence-corrected chi connectivity index (χ1v) is 8.34. The summed E-state index contributed by atoms with van der Waals surface area (Å²) in [6.07, 6.45) is -0.241. The zero-order valence-corrected chi connectivity index (χ0v) is 15.6. The molecule has 10 heteroatoms. The van der Waals surface area contributed by atoms with E-state index in [0.29, 0.717) is 0 Å². The zero-order valence-electron chi connectivity index (χ0n) is 15.6. The summed E-state index contributed by atoms with van der Waals surface area (Å²) in [5.41, 5.74) is 0.106. The number of esters is 1. The molecule has 10 nitrogen and oxygen atoms in total. The van der Waals surface area contributed by atoms with Crippen LogP contribution in [0.15, 0.2) is 42.5 Å². The van der Waals surface area contributed by atoms with Crippen LogP contribution in [0.5, 0.6) is 11.5 Å². The van der Waals surface area contributed by atoms with E-state index in [2.05, 4.69) is 5.32 Å². The van der Waals surface area contributed by atoms with Crippen LogP contribution in [0.2, 0.25) is 0 Å². The molecule has 29 heavy (non-hydrogen) atoms. The van der Waals surface area contributed by atoms with Gasteiger partial charge in [0.2, 0.25) is 0 Å². The molecule has 0 heterocycles. The number of hydrogen-bond donors (Lipinski definition) is 2. The highest BCUT2D eigenvalue weighted by Crippen LogP contribution is 2.25. The Hall–Kier alpha value is -3.95. The molecule has 0 aliphatic carbocycles. The van der Waals surface area contributed by atoms with Crippen LogP contribution >= 0.6 is 0 Å². The van der Waals surface area contributed by atoms with Gasteiger partial charge in [-0.2, -0.15) is 0 Å². The summed E-state index contributed by atoms with van der Waals surface area (Å²) in [6.45, 7) is 1.21. The molecule has 0 radical (unpaired) electrons. The number of nitrogens with zero attached hydrogens (tertiary/aromatic N) is 1. The van der Waals surface area contributed by atoms with E-state index in [1.165, 1.54) is 56.5 Å². The standard InChI is InChI=1S/C19H18N2O8/c1-11(22)29-15-5-3-4-12(9-15)18(23)20-16(19(24)25)10-13-8-14(21(26)27)6-7-17(13)28-2/h3-9,16H,10H2,1-2H3,(H,20,23)(H,24,25)/t16-/m0/s1. The normalized spacial score (nSPS) is 11.2. The molecule has 2 N–H and O–H groups in total. The Bertz CT molecular complexity index is 957. The van der Waals surface area contributed by atoms with Gasteiger partial charge in [0, 0.05) is 36.6 Å². The fourth-order valence-corrected chi connectivity index (χ4v) is 2.57. The number of nitro groups is 1. The topological polar surface area (TPSA) is 145 Å². The number of nitrogens with one attached hydrogen (secondary N) is 1. The molecule has 0 spiro atoms. The molecule has 0 unspecified atom stereocenters. The van der Waals surface area contributed by atoms with Gasteiger partial charge in [0.15, 0.2) is 0 Å². The minimum atomic E-state index is -1.38. The lowest BCUT2D eigenvalue weighted by Gasteiger charge is -2.16. The van der Waals surface area contributed by atoms with E-state index in [9.17, 15) is 29.6 Å². The third-order valence-corrected chi connectivity index (χ3v) is 3.86. The third kappa shape index (κ3) is 5.76. The van der Waals surface area contributed by atoms with Gasteiger partial charge in [-0.25, -0.2) is 4.79 Å². The summed E-state index contributed by atoms with van der Waals surface area (Å²) in [7, 11) is 1.35. The van der Waals surface area contributed by atoms with E-state index in [1.807, 2.05) is 0 Å². The van der Waals surface area contributed by atoms with Crippen molar-refractivity contribution in [3.05, 3.63) is 63.7 Å². The molecule has 0 aliphatic heterocycles. The van der Waals surface area contributed by atoms with Gasteiger partial charge < -0.3 is 19.9 Å². The van der Waals surface area contributed by atoms with Crippen molar-refractivity contribution >= 4 is 23.5 Å². The Morgan fingerprint density at radius 1 is 1.21 bits per heavy atom. The molecule has 0 aromatic heterocycles. The van der Waals surface area contributed by atoms with Crippen LogP contribution in [0.25, 0.3) is 0 Å². The second-order valence-electron chi connectivity index (χ2n) is 5.94. The summed E-state index contributed by atoms with van der Waals surface area (Å²) in [6, 6.07) is 8.08. The molecule has 1 atom stereocenters. The molecular formula is C19H18N2O8. The number of carboxylic acid groups (broad SMARTS) is 1. The maximum Gasteiger partial charge on any atom is 0.326 e. The van der Waals surface area contributed by atoms with Crippen LogP contribution in [0, 0.1) is 10.1 Å². The number of ether oxygens (including phenoxy) is 2. The number of hydrogen-bond acceptors (Lipinski definition) is 7. The Morgan fingerprint density at radius 2 is 1.93 bits per heavy atom. The summed E-state index contributed by atoms with van der Waals surface area (Å²) in [5.74, 6) is -2.21. The minimum Gasteiger partial charge on any atom is -0.496 e. The Labute approximate surface area is 165 Å². The highest BCUT2D eigenvalue weighted by atomic mass is 16.6. The van der Waals surface area contributed by atoms with Gasteiger partial charge in [0.1, 0.15) is 17.5 Å². The quantitative estimate of drug-likeness (QED) is 0.295. The van der Waals surface area contributed by atoms with Crippen molar-refractivity contribution in [1.82, 2.24) is 5.32 Å². The molecule has 2 aromatic carbocycles. The van der Waals surface area contributed by atoms with Crippen molar-refractivity contribution in [1.29, 1.82) is 0 Å². The molecule has 2 aromatic rings. The lowest BCUT2D eigenvalue weighted by atomic mass is 10.0. The molecule has 0 saturated carbocycles. The molecule has 0 saturated heterocycles. The molecule has 0 bridgehead atoms. The van der Waals surface area contributed by atoms with Crippen molar-refractivity contribution in [2.75, 3.05) is 7.11 Å². The van der Waals surface area contributed by atoms with E-state index >= 15 is 0 Å². The van der Waals surface area contributed by atoms with Gasteiger partial charge in [-0.15, -0.1) is 0 Å². The number of non-ortho nitro benzene ring substituents is 1. The molecular weight excluding hydrogens is 384 g/mol. The third-order valence-electron chi connectivity index (χ3n) is 3.86. The van der Waals surface area contributed by atoms with E-state index in [4.69, 9.17) is 9.47 Å². The number of aliphatic carboxylic acids is 1. The van der Waals surface area contributed by atoms with Gasteiger partial charge in [0.25, 0.3) is 11.6 Å². The molecule has 152 valence electrons. The van der Waals surface area contributed by atoms with Crippen molar-refractivity contribution in [3.63, 3.8) is 0 Å². The van der Waals surface area contributed by atoms with Gasteiger partial charge in [0.05, 0.1) is 12.0 Å². The van der Waals surface area contributed by atoms with E-state index in [0.717, 1.165) is 0 Å². The summed E-state index contributed by atoms with van der Waals surface area (Å²) in [4.78, 5) is 45.5. The van der Waals surface area contributed by atoms with Gasteiger partial charge in [-0.05, 0) is 24.3 Å². The number of benzene rings is 2. The zero-order chi connectivity index (χ0) is 21.6. The maximum atomic E-state index is 12.5. The number of amides is 1. The van der Waals surface area contributed by atoms with E-state index < -0.39 is 28.8 Å². The van der Waals surface area contributed by atoms with Crippen molar-refractivity contribution in [2.24, 2.45) is 0 Å². The predicted octanol–water partition coefficient (Wildman–Crippen LogP) is 1.95. The SMILES string of the molecule is COc1ccc([N+](=O)[O-])cc1C[C@H](NC(=O)c1cccc(OC(C)=O)c1)C(=O)O. The van der Waals surface area contributed by atoms with Crippen LogP contribution in [0.3, 0.4) is 0 Å². The average Bonchev–Trinajstić information content (AvgIpc) is 2.66. The molecule has 0 aliphatic rings. The first-order chi connectivity index (χ1) is 13.7. The van der Waals surface area contributed by atoms with Crippen molar-refractivity contribution < 1.29 is 33.9 Å². The van der Waals surface area contributed by atoms with Crippen LogP contribution in [0.4, 0.5) is 5.69 Å². The average molecular weight is 402 g/mol. The molecule has 0 fully saturated rings. The molecule has 2 rings (SSSR count). The van der Waals surface area contributed by atoms with Gasteiger partial charge in [-0.3, -0.25) is 19.7 Å². The smallest absolute Gasteiger partial charge is 0.326 e. The highest BCUT2D eigenvalue weighted by molar-refractivity contribution is 5.97. The van der Waals surface area contributed by atoms with Crippen molar-refractivity contribution in [2.45, 2.75) is 19.4 Å². The lowest BCUT2D eigenvalue weighted by Crippen LogP contribution is -2.42. The number of rotatable bonds is 8. The van der Waals surface area contributed by atoms with Crippen molar-refractivity contribution in [3.8, 4) is 11.5 Å². The van der Waals surface area contributed by atoms with E-state index in [-0.39, 0.29) is 34.7 Å². The number of nitro benzene ring substituents is 1. The van der Waals surface area contributed by atoms with Crippen LogP contribution in [-0.2, 0) is 16.0 Å². The summed E-state index contributed by atoms with van der Waals surface area (Å²) >= 11 is 0. The Morgan fingerprint density at radius 3 is 2.52 bits per heavy atom. The maximum absolute atomic E-state index is 12.5. The first-order valence-electron chi connectivity index (χ1n) is 8.34. The fraction of sp³-hybridized carbons (Fsp3) is 0.211. The second-order valence-corrected chi connectivity index (χ2v) is 5.94. The number of carboxylic acids is 1. The predicted molar refractivity (Wildman–Crippen MR) is 100.0 cm³/mol. The largest absolute Gasteiger partial charge is 0.496 e. The van der Waals surface area contributed by atoms with Crippen LogP contribution in [-0.4, -0.2) is 41.0 Å². The van der Waals surface area contributed by atoms with Gasteiger partial charge in [-0.1, -0.05) is 6.07 Å². The fourth-order valence-electron chi connectivity index (χ4n) is 2.57. The van der Waals surface area contributed by atoms with Gasteiger partial charge >= 0.3 is 11.9 Å². The van der Waals surface area contributed by atoms with Crippen LogP contribution < -0.4 is 14.8 Å². The van der Waals surface area contributed by atoms with Crippen LogP contribution in [0.1, 0.15) is 22.8 Å². The second kappa shape index (κ2) is 9.31. The number of carbonyl (C=O) groups is 3. The van der Waals surface area contributed by atoms with E-state index in [1.54, 1.807) is 0 Å². The number of methoxy groups -OCH3 is 1. The monoisotopic (exact) mass is 402 g/mol. The number of carbonyl (C=O) groups excluding carboxylic acids is 2. The Kier molecular flexibility index (Phi) is 6.85. The Balaban J connectivity index is 2.24. The highest BCUT2D eigenvalue weighted by Gasteiger charge is 2.24.